The third-order valence-corrected chi connectivity index (χ3v) is 6.44. The SMILES string of the molecule is CC(C)NCCc1ccc(S(=O)(=O)NN2CCCCC2)s1. The van der Waals surface area contributed by atoms with E-state index in [-0.39, 0.29) is 0 Å². The van der Waals surface area contributed by atoms with Gasteiger partial charge in [0.1, 0.15) is 4.21 Å². The molecular weight excluding hydrogens is 306 g/mol. The van der Waals surface area contributed by atoms with Crippen LogP contribution in [-0.4, -0.2) is 39.1 Å². The number of nitrogens with one attached hydrogen (secondary N) is 2. The van der Waals surface area contributed by atoms with Gasteiger partial charge in [0.05, 0.1) is 0 Å². The summed E-state index contributed by atoms with van der Waals surface area (Å²) < 4.78 is 25.1. The molecule has 0 aliphatic carbocycles. The molecule has 1 aromatic rings. The fourth-order valence-electron chi connectivity index (χ4n) is 2.32. The van der Waals surface area contributed by atoms with Crippen molar-refractivity contribution in [3.05, 3.63) is 17.0 Å². The van der Waals surface area contributed by atoms with Crippen molar-refractivity contribution in [2.24, 2.45) is 0 Å². The predicted molar refractivity (Wildman–Crippen MR) is 86.9 cm³/mol. The monoisotopic (exact) mass is 331 g/mol. The molecule has 1 aliphatic rings. The fourth-order valence-corrected chi connectivity index (χ4v) is 4.79. The maximum atomic E-state index is 12.3. The Bertz CT molecular complexity index is 534. The van der Waals surface area contributed by atoms with Crippen LogP contribution in [0.15, 0.2) is 16.3 Å². The summed E-state index contributed by atoms with van der Waals surface area (Å²) in [5.41, 5.74) is 0. The van der Waals surface area contributed by atoms with Crippen molar-refractivity contribution in [1.29, 1.82) is 0 Å². The van der Waals surface area contributed by atoms with Gasteiger partial charge in [-0.15, -0.1) is 16.2 Å². The molecule has 7 heteroatoms. The van der Waals surface area contributed by atoms with Crippen molar-refractivity contribution >= 4 is 21.4 Å². The molecule has 1 aliphatic heterocycles. The molecule has 0 saturated carbocycles. The first kappa shape index (κ1) is 16.9. The summed E-state index contributed by atoms with van der Waals surface area (Å²) in [6, 6.07) is 4.08. The molecule has 2 heterocycles. The summed E-state index contributed by atoms with van der Waals surface area (Å²) in [6.07, 6.45) is 4.16. The highest BCUT2D eigenvalue weighted by atomic mass is 32.2. The van der Waals surface area contributed by atoms with Crippen LogP contribution in [0.3, 0.4) is 0 Å². The molecule has 0 atom stereocenters. The van der Waals surface area contributed by atoms with Crippen LogP contribution in [0.5, 0.6) is 0 Å². The summed E-state index contributed by atoms with van der Waals surface area (Å²) in [7, 11) is -3.41. The second-order valence-electron chi connectivity index (χ2n) is 5.72. The van der Waals surface area contributed by atoms with Crippen LogP contribution in [0.1, 0.15) is 38.0 Å². The Balaban J connectivity index is 1.92. The van der Waals surface area contributed by atoms with Crippen molar-refractivity contribution in [2.75, 3.05) is 19.6 Å². The van der Waals surface area contributed by atoms with Gasteiger partial charge in [0.25, 0.3) is 10.0 Å². The fraction of sp³-hybridized carbons (Fsp3) is 0.714. The lowest BCUT2D eigenvalue weighted by Crippen LogP contribution is -2.44. The van der Waals surface area contributed by atoms with E-state index in [2.05, 4.69) is 24.0 Å². The van der Waals surface area contributed by atoms with E-state index in [9.17, 15) is 8.42 Å². The van der Waals surface area contributed by atoms with Crippen LogP contribution in [0.4, 0.5) is 0 Å². The third kappa shape index (κ3) is 5.34. The number of piperidine rings is 1. The molecule has 2 N–H and O–H groups in total. The van der Waals surface area contributed by atoms with Crippen LogP contribution in [-0.2, 0) is 16.4 Å². The molecule has 120 valence electrons. The van der Waals surface area contributed by atoms with Crippen molar-refractivity contribution < 1.29 is 8.42 Å². The van der Waals surface area contributed by atoms with Crippen molar-refractivity contribution in [2.45, 2.75) is 49.8 Å². The molecule has 5 nitrogen and oxygen atoms in total. The Kier molecular flexibility index (Phi) is 6.19. The zero-order valence-electron chi connectivity index (χ0n) is 12.8. The van der Waals surface area contributed by atoms with Crippen molar-refractivity contribution in [1.82, 2.24) is 15.2 Å². The second kappa shape index (κ2) is 7.69. The van der Waals surface area contributed by atoms with Gasteiger partial charge in [0.2, 0.25) is 0 Å². The van der Waals surface area contributed by atoms with E-state index in [1.54, 1.807) is 6.07 Å². The standard InChI is InChI=1S/C14H25N3O2S2/c1-12(2)15-9-8-13-6-7-14(20-13)21(18,19)16-17-10-4-3-5-11-17/h6-7,12,15-16H,3-5,8-11H2,1-2H3. The van der Waals surface area contributed by atoms with Gasteiger partial charge in [0, 0.05) is 30.6 Å². The average molecular weight is 332 g/mol. The van der Waals surface area contributed by atoms with Crippen molar-refractivity contribution in [3.63, 3.8) is 0 Å². The van der Waals surface area contributed by atoms with Gasteiger partial charge in [-0.3, -0.25) is 0 Å². The maximum Gasteiger partial charge on any atom is 0.262 e. The summed E-state index contributed by atoms with van der Waals surface area (Å²) >= 11 is 1.36. The summed E-state index contributed by atoms with van der Waals surface area (Å²) in [4.78, 5) is 3.80. The van der Waals surface area contributed by atoms with Crippen LogP contribution < -0.4 is 10.1 Å². The summed E-state index contributed by atoms with van der Waals surface area (Å²) in [5.74, 6) is 0. The zero-order chi connectivity index (χ0) is 15.3. The first-order valence-electron chi connectivity index (χ1n) is 7.57. The smallest absolute Gasteiger partial charge is 0.262 e. The topological polar surface area (TPSA) is 61.4 Å². The van der Waals surface area contributed by atoms with Crippen LogP contribution in [0.2, 0.25) is 0 Å². The molecule has 0 unspecified atom stereocenters. The number of thiophene rings is 1. The lowest BCUT2D eigenvalue weighted by molar-refractivity contribution is 0.200. The average Bonchev–Trinajstić information content (AvgIpc) is 2.88. The second-order valence-corrected chi connectivity index (χ2v) is 8.78. The van der Waals surface area contributed by atoms with E-state index < -0.39 is 10.0 Å². The Morgan fingerprint density at radius 2 is 1.95 bits per heavy atom. The molecule has 0 aromatic carbocycles. The normalized spacial score (nSPS) is 17.5. The van der Waals surface area contributed by atoms with Gasteiger partial charge in [-0.2, -0.15) is 0 Å². The highest BCUT2D eigenvalue weighted by Crippen LogP contribution is 2.22. The minimum Gasteiger partial charge on any atom is -0.314 e. The number of nitrogens with zero attached hydrogens (tertiary/aromatic N) is 1. The zero-order valence-corrected chi connectivity index (χ0v) is 14.4. The largest absolute Gasteiger partial charge is 0.314 e. The number of hydrogen-bond acceptors (Lipinski definition) is 5. The first-order chi connectivity index (χ1) is 9.97. The number of hydrazine groups is 1. The van der Waals surface area contributed by atoms with Crippen LogP contribution in [0, 0.1) is 0 Å². The molecule has 0 spiro atoms. The first-order valence-corrected chi connectivity index (χ1v) is 9.87. The van der Waals surface area contributed by atoms with Crippen molar-refractivity contribution in [3.8, 4) is 0 Å². The quantitative estimate of drug-likeness (QED) is 0.802. The highest BCUT2D eigenvalue weighted by Gasteiger charge is 2.21. The van der Waals surface area contributed by atoms with Gasteiger partial charge < -0.3 is 5.32 Å². The Morgan fingerprint density at radius 1 is 1.24 bits per heavy atom. The molecule has 1 aromatic heterocycles. The molecule has 1 saturated heterocycles. The molecule has 21 heavy (non-hydrogen) atoms. The Hall–Kier alpha value is -0.470. The molecule has 0 amide bonds. The molecule has 2 rings (SSSR count). The van der Waals surface area contributed by atoms with Crippen LogP contribution >= 0.6 is 11.3 Å². The van der Waals surface area contributed by atoms with Gasteiger partial charge in [-0.05, 0) is 31.4 Å². The number of hydrogen-bond donors (Lipinski definition) is 2. The Labute approximate surface area is 131 Å². The van der Waals surface area contributed by atoms with E-state index in [1.807, 2.05) is 11.1 Å². The molecule has 0 bridgehead atoms. The number of rotatable bonds is 7. The highest BCUT2D eigenvalue weighted by molar-refractivity contribution is 7.91. The molecule has 0 radical (unpaired) electrons. The lowest BCUT2D eigenvalue weighted by atomic mass is 10.2. The van der Waals surface area contributed by atoms with E-state index in [4.69, 9.17) is 0 Å². The minimum absolute atomic E-state index is 0.410. The molecular formula is C14H25N3O2S2. The Morgan fingerprint density at radius 3 is 2.62 bits per heavy atom. The summed E-state index contributed by atoms with van der Waals surface area (Å²) in [6.45, 7) is 6.68. The lowest BCUT2D eigenvalue weighted by Gasteiger charge is -2.26. The molecule has 1 fully saturated rings. The predicted octanol–water partition coefficient (Wildman–Crippen LogP) is 1.97. The van der Waals surface area contributed by atoms with Gasteiger partial charge in [0.15, 0.2) is 0 Å². The van der Waals surface area contributed by atoms with Crippen LogP contribution in [0.25, 0.3) is 0 Å². The van der Waals surface area contributed by atoms with Gasteiger partial charge in [-0.25, -0.2) is 13.4 Å². The van der Waals surface area contributed by atoms with Gasteiger partial charge >= 0.3 is 0 Å². The van der Waals surface area contributed by atoms with E-state index in [0.717, 1.165) is 43.8 Å². The van der Waals surface area contributed by atoms with E-state index in [1.165, 1.54) is 17.8 Å². The maximum absolute atomic E-state index is 12.3. The van der Waals surface area contributed by atoms with E-state index in [0.29, 0.717) is 10.3 Å². The van der Waals surface area contributed by atoms with Gasteiger partial charge in [-0.1, -0.05) is 20.3 Å². The summed E-state index contributed by atoms with van der Waals surface area (Å²) in [5, 5.41) is 5.16. The minimum atomic E-state index is -3.41. The third-order valence-electron chi connectivity index (χ3n) is 3.43. The van der Waals surface area contributed by atoms with E-state index >= 15 is 0 Å². The number of sulfonamides is 1.